The SMILES string of the molecule is CC(C)(C)OC(=O)N(CCC1CCNCC1)Cc1cc(-c2cc(-c3cccc(C(C)(C)C)c3)ccc2Oc2ccc(S(=O)(=O)Nc3ncns3)cc2C#N)ccn1. The van der Waals surface area contributed by atoms with Crippen LogP contribution < -0.4 is 14.8 Å². The molecule has 1 saturated heterocycles. The number of sulfonamides is 1. The van der Waals surface area contributed by atoms with Gasteiger partial charge in [-0.05, 0) is 129 Å². The minimum atomic E-state index is -4.04. The van der Waals surface area contributed by atoms with E-state index in [2.05, 4.69) is 69.4 Å². The number of carbonyl (C=O) groups excluding carboxylic acids is 1. The molecule has 0 radical (unpaired) electrons. The molecule has 0 unspecified atom stereocenters. The number of ether oxygens (including phenoxy) is 2. The molecule has 0 aliphatic carbocycles. The van der Waals surface area contributed by atoms with Gasteiger partial charge in [0, 0.05) is 29.8 Å². The molecule has 5 aromatic rings. The molecule has 0 atom stereocenters. The second kappa shape index (κ2) is 17.4. The molecule has 2 N–H and O–H groups in total. The number of pyridine rings is 1. The molecule has 3 heterocycles. The van der Waals surface area contributed by atoms with Crippen LogP contribution in [0.5, 0.6) is 11.5 Å². The minimum Gasteiger partial charge on any atom is -0.455 e. The van der Waals surface area contributed by atoms with Crippen LogP contribution in [-0.2, 0) is 26.7 Å². The predicted octanol–water partition coefficient (Wildman–Crippen LogP) is 9.16. The molecule has 0 saturated carbocycles. The second-order valence-electron chi connectivity index (χ2n) is 16.2. The van der Waals surface area contributed by atoms with Gasteiger partial charge in [0.15, 0.2) is 0 Å². The Morgan fingerprint density at radius 2 is 1.70 bits per heavy atom. The number of nitrogens with zero attached hydrogens (tertiary/aromatic N) is 5. The standard InChI is InChI=1S/C43H49N7O5S2/c1-42(2,3)34-9-7-8-30(22-34)31-10-12-39(54-38-13-11-36(24-33(38)26-44)57(52,53)49-40-47-28-48-56-40)37(25-31)32-16-20-46-35(23-32)27-50(41(51)55-43(4,5)6)21-17-29-14-18-45-19-15-29/h7-13,16,20,22-25,28-29,45H,14-15,17-19,21,27H2,1-6H3,(H,47,48,49). The summed E-state index contributed by atoms with van der Waals surface area (Å²) < 4.78 is 44.8. The quantitative estimate of drug-likeness (QED) is 0.124. The third kappa shape index (κ3) is 10.9. The highest BCUT2D eigenvalue weighted by Crippen LogP contribution is 2.39. The summed E-state index contributed by atoms with van der Waals surface area (Å²) in [6, 6.07) is 24.3. The first-order valence-electron chi connectivity index (χ1n) is 19.0. The molecule has 1 aliphatic heterocycles. The number of benzene rings is 3. The summed E-state index contributed by atoms with van der Waals surface area (Å²) in [6.45, 7) is 14.9. The molecule has 6 rings (SSSR count). The first kappa shape index (κ1) is 41.3. The number of piperidine rings is 1. The summed E-state index contributed by atoms with van der Waals surface area (Å²) in [4.78, 5) is 23.7. The van der Waals surface area contributed by atoms with Crippen molar-refractivity contribution in [2.75, 3.05) is 24.4 Å². The van der Waals surface area contributed by atoms with Crippen LogP contribution in [0.2, 0.25) is 0 Å². The Bertz CT molecular complexity index is 2340. The number of hydrogen-bond acceptors (Lipinski definition) is 11. The van der Waals surface area contributed by atoms with E-state index in [-0.39, 0.29) is 39.4 Å². The summed E-state index contributed by atoms with van der Waals surface area (Å²) in [5.74, 6) is 1.14. The summed E-state index contributed by atoms with van der Waals surface area (Å²) in [5, 5.41) is 13.7. The fourth-order valence-corrected chi connectivity index (χ4v) is 8.24. The van der Waals surface area contributed by atoms with Crippen molar-refractivity contribution in [1.29, 1.82) is 5.26 Å². The van der Waals surface area contributed by atoms with Gasteiger partial charge in [-0.25, -0.2) is 18.2 Å². The minimum absolute atomic E-state index is 0.0280. The van der Waals surface area contributed by atoms with Gasteiger partial charge in [-0.15, -0.1) is 0 Å². The maximum absolute atomic E-state index is 13.5. The Morgan fingerprint density at radius 1 is 0.947 bits per heavy atom. The maximum Gasteiger partial charge on any atom is 0.410 e. The van der Waals surface area contributed by atoms with Gasteiger partial charge in [-0.3, -0.25) is 9.71 Å². The Hall–Kier alpha value is -5.36. The lowest BCUT2D eigenvalue weighted by Crippen LogP contribution is -2.38. The number of aromatic nitrogens is 3. The molecule has 1 amide bonds. The smallest absolute Gasteiger partial charge is 0.410 e. The number of hydrogen-bond donors (Lipinski definition) is 2. The van der Waals surface area contributed by atoms with E-state index in [1.165, 1.54) is 30.1 Å². The highest BCUT2D eigenvalue weighted by atomic mass is 32.2. The average molecular weight is 808 g/mol. The third-order valence-corrected chi connectivity index (χ3v) is 11.7. The lowest BCUT2D eigenvalue weighted by Gasteiger charge is -2.29. The number of carbonyl (C=O) groups is 1. The molecule has 12 nitrogen and oxygen atoms in total. The van der Waals surface area contributed by atoms with Crippen molar-refractivity contribution in [3.8, 4) is 39.8 Å². The topological polar surface area (TPSA) is 159 Å². The molecule has 1 aliphatic rings. The van der Waals surface area contributed by atoms with Gasteiger partial charge >= 0.3 is 6.09 Å². The van der Waals surface area contributed by atoms with Crippen LogP contribution in [0.4, 0.5) is 9.93 Å². The van der Waals surface area contributed by atoms with Gasteiger partial charge in [0.05, 0.1) is 22.7 Å². The van der Waals surface area contributed by atoms with Gasteiger partial charge < -0.3 is 19.7 Å². The zero-order chi connectivity index (χ0) is 40.8. The van der Waals surface area contributed by atoms with Crippen molar-refractivity contribution in [3.63, 3.8) is 0 Å². The van der Waals surface area contributed by atoms with Gasteiger partial charge in [0.1, 0.15) is 29.5 Å². The Balaban J connectivity index is 1.37. The lowest BCUT2D eigenvalue weighted by molar-refractivity contribution is 0.0218. The number of nitrogens with one attached hydrogen (secondary N) is 2. The summed E-state index contributed by atoms with van der Waals surface area (Å²) >= 11 is 0.902. The van der Waals surface area contributed by atoms with E-state index in [9.17, 15) is 18.5 Å². The highest BCUT2D eigenvalue weighted by Gasteiger charge is 2.25. The lowest BCUT2D eigenvalue weighted by atomic mass is 9.85. The number of nitriles is 1. The first-order chi connectivity index (χ1) is 27.1. The van der Waals surface area contributed by atoms with Crippen LogP contribution in [0.3, 0.4) is 0 Å². The monoisotopic (exact) mass is 807 g/mol. The Labute approximate surface area is 339 Å². The number of rotatable bonds is 12. The van der Waals surface area contributed by atoms with Crippen LogP contribution in [0.25, 0.3) is 22.3 Å². The van der Waals surface area contributed by atoms with Crippen LogP contribution in [0.1, 0.15) is 77.6 Å². The van der Waals surface area contributed by atoms with Crippen molar-refractivity contribution in [1.82, 2.24) is 24.6 Å². The van der Waals surface area contributed by atoms with E-state index >= 15 is 0 Å². The predicted molar refractivity (Wildman–Crippen MR) is 223 cm³/mol. The molecule has 0 bridgehead atoms. The van der Waals surface area contributed by atoms with Crippen LogP contribution >= 0.6 is 11.5 Å². The molecule has 3 aromatic carbocycles. The second-order valence-corrected chi connectivity index (χ2v) is 18.6. The molecule has 1 fully saturated rings. The first-order valence-corrected chi connectivity index (χ1v) is 21.2. The van der Waals surface area contributed by atoms with Gasteiger partial charge in [-0.2, -0.15) is 9.64 Å². The van der Waals surface area contributed by atoms with E-state index in [0.29, 0.717) is 29.5 Å². The maximum atomic E-state index is 13.5. The van der Waals surface area contributed by atoms with Crippen molar-refractivity contribution >= 4 is 32.8 Å². The zero-order valence-corrected chi connectivity index (χ0v) is 34.8. The molecular formula is C43H49N7O5S2. The van der Waals surface area contributed by atoms with Crippen LogP contribution in [-0.4, -0.2) is 59.0 Å². The highest BCUT2D eigenvalue weighted by molar-refractivity contribution is 7.93. The fourth-order valence-electron chi connectivity index (χ4n) is 6.55. The van der Waals surface area contributed by atoms with E-state index in [1.54, 1.807) is 11.1 Å². The fraction of sp³-hybridized carbons (Fsp3) is 0.372. The van der Waals surface area contributed by atoms with E-state index in [0.717, 1.165) is 60.6 Å². The summed E-state index contributed by atoms with van der Waals surface area (Å²) in [5.41, 5.74) is 4.64. The van der Waals surface area contributed by atoms with Gasteiger partial charge in [0.2, 0.25) is 5.13 Å². The van der Waals surface area contributed by atoms with Crippen LogP contribution in [0.15, 0.2) is 90.2 Å². The molecular weight excluding hydrogens is 759 g/mol. The summed E-state index contributed by atoms with van der Waals surface area (Å²) in [7, 11) is -4.04. The Kier molecular flexibility index (Phi) is 12.6. The van der Waals surface area contributed by atoms with Gasteiger partial charge in [-0.1, -0.05) is 51.1 Å². The normalized spacial score (nSPS) is 13.8. The molecule has 14 heteroatoms. The van der Waals surface area contributed by atoms with Crippen molar-refractivity contribution < 1.29 is 22.7 Å². The Morgan fingerprint density at radius 3 is 2.40 bits per heavy atom. The number of anilines is 1. The molecule has 0 spiro atoms. The molecule has 298 valence electrons. The zero-order valence-electron chi connectivity index (χ0n) is 33.2. The van der Waals surface area contributed by atoms with E-state index in [1.807, 2.05) is 57.2 Å². The third-order valence-electron chi connectivity index (χ3n) is 9.62. The van der Waals surface area contributed by atoms with Crippen molar-refractivity contribution in [2.24, 2.45) is 5.92 Å². The summed E-state index contributed by atoms with van der Waals surface area (Å²) in [6.07, 6.45) is 5.59. The van der Waals surface area contributed by atoms with E-state index in [4.69, 9.17) is 9.47 Å². The number of amides is 1. The van der Waals surface area contributed by atoms with Crippen LogP contribution in [0, 0.1) is 17.2 Å². The molecule has 2 aromatic heterocycles. The molecule has 57 heavy (non-hydrogen) atoms. The van der Waals surface area contributed by atoms with Crippen molar-refractivity contribution in [3.05, 3.63) is 102 Å². The van der Waals surface area contributed by atoms with E-state index < -0.39 is 15.6 Å². The largest absolute Gasteiger partial charge is 0.455 e. The van der Waals surface area contributed by atoms with Gasteiger partial charge in [0.25, 0.3) is 10.0 Å². The average Bonchev–Trinajstić information content (AvgIpc) is 3.68. The van der Waals surface area contributed by atoms with Crippen molar-refractivity contribution in [2.45, 2.75) is 83.3 Å².